The lowest BCUT2D eigenvalue weighted by Gasteiger charge is -2.35. The number of methoxy groups -OCH3 is 1. The Labute approximate surface area is 236 Å². The molecule has 1 amide bonds. The number of aromatic nitrogens is 3. The maximum atomic E-state index is 14.0. The average Bonchev–Trinajstić information content (AvgIpc) is 3.72. The van der Waals surface area contributed by atoms with Crippen LogP contribution in [0.2, 0.25) is 0 Å². The lowest BCUT2D eigenvalue weighted by Crippen LogP contribution is -2.42. The number of hydrogen-bond donors (Lipinski definition) is 1. The quantitative estimate of drug-likeness (QED) is 0.361. The molecule has 0 aromatic carbocycles. The highest BCUT2D eigenvalue weighted by Gasteiger charge is 2.33. The Balaban J connectivity index is 1.19. The smallest absolute Gasteiger partial charge is 0.231 e. The molecule has 0 saturated heterocycles. The van der Waals surface area contributed by atoms with Crippen molar-refractivity contribution in [3.05, 3.63) is 54.0 Å². The lowest BCUT2D eigenvalue weighted by atomic mass is 9.79. The number of carbonyl (C=O) groups excluding carboxylic acids is 1. The van der Waals surface area contributed by atoms with Crippen molar-refractivity contribution in [1.82, 2.24) is 15.0 Å². The Kier molecular flexibility index (Phi) is 7.87. The summed E-state index contributed by atoms with van der Waals surface area (Å²) in [5.41, 5.74) is 3.78. The molecule has 8 nitrogen and oxygen atoms in total. The fourth-order valence-electron chi connectivity index (χ4n) is 6.41. The topological polar surface area (TPSA) is 102 Å². The molecular weight excluding hydrogens is 504 g/mol. The molecular formula is C32H40N4O4. The number of oxazole rings is 1. The van der Waals surface area contributed by atoms with Crippen LogP contribution in [0.3, 0.4) is 0 Å². The van der Waals surface area contributed by atoms with Crippen LogP contribution in [0.25, 0.3) is 11.3 Å². The van der Waals surface area contributed by atoms with Gasteiger partial charge in [0.15, 0.2) is 5.89 Å². The minimum atomic E-state index is -0.294. The third-order valence-corrected chi connectivity index (χ3v) is 9.06. The number of aliphatic hydroxyl groups is 1. The predicted octanol–water partition coefficient (Wildman–Crippen LogP) is 6.18. The van der Waals surface area contributed by atoms with Gasteiger partial charge in [0.25, 0.3) is 0 Å². The maximum absolute atomic E-state index is 14.0. The monoisotopic (exact) mass is 544 g/mol. The van der Waals surface area contributed by atoms with Crippen molar-refractivity contribution < 1.29 is 19.1 Å². The number of rotatable bonds is 8. The summed E-state index contributed by atoms with van der Waals surface area (Å²) in [6.45, 7) is 2.65. The molecule has 3 aliphatic rings. The van der Waals surface area contributed by atoms with E-state index in [4.69, 9.17) is 19.1 Å². The summed E-state index contributed by atoms with van der Waals surface area (Å²) in [6.07, 6.45) is 12.5. The van der Waals surface area contributed by atoms with E-state index in [-0.39, 0.29) is 17.9 Å². The van der Waals surface area contributed by atoms with Crippen molar-refractivity contribution in [3.8, 4) is 17.0 Å². The summed E-state index contributed by atoms with van der Waals surface area (Å²) in [5.74, 6) is 3.63. The Morgan fingerprint density at radius 2 is 1.75 bits per heavy atom. The van der Waals surface area contributed by atoms with E-state index >= 15 is 0 Å². The summed E-state index contributed by atoms with van der Waals surface area (Å²) >= 11 is 0. The van der Waals surface area contributed by atoms with Crippen molar-refractivity contribution >= 4 is 11.7 Å². The predicted molar refractivity (Wildman–Crippen MR) is 152 cm³/mol. The number of hydrogen-bond acceptors (Lipinski definition) is 7. The van der Waals surface area contributed by atoms with Crippen LogP contribution in [0, 0.1) is 18.8 Å². The van der Waals surface area contributed by atoms with E-state index in [1.165, 1.54) is 0 Å². The second-order valence-corrected chi connectivity index (χ2v) is 11.9. The van der Waals surface area contributed by atoms with Gasteiger partial charge < -0.3 is 14.3 Å². The van der Waals surface area contributed by atoms with Gasteiger partial charge in [0.05, 0.1) is 18.9 Å². The number of nitrogens with zero attached hydrogens (tertiary/aromatic N) is 4. The SMILES string of the molecule is COc1ccc(C2CCC(CN(C(=O)C3CCC(O)CC3)c3cc(-c4coc(C5CC5)n4)ccn3)CC2)nc1C. The molecule has 3 fully saturated rings. The van der Waals surface area contributed by atoms with E-state index < -0.39 is 0 Å². The van der Waals surface area contributed by atoms with Gasteiger partial charge in [-0.2, -0.15) is 0 Å². The number of anilines is 1. The van der Waals surface area contributed by atoms with Crippen molar-refractivity contribution in [2.75, 3.05) is 18.6 Å². The highest BCUT2D eigenvalue weighted by molar-refractivity contribution is 5.94. The van der Waals surface area contributed by atoms with E-state index in [2.05, 4.69) is 11.1 Å². The van der Waals surface area contributed by atoms with Crippen molar-refractivity contribution in [1.29, 1.82) is 0 Å². The molecule has 0 bridgehead atoms. The molecule has 0 aliphatic heterocycles. The zero-order valence-corrected chi connectivity index (χ0v) is 23.6. The third kappa shape index (κ3) is 5.92. The Morgan fingerprint density at radius 3 is 2.45 bits per heavy atom. The molecule has 212 valence electrons. The zero-order chi connectivity index (χ0) is 27.6. The molecule has 3 saturated carbocycles. The van der Waals surface area contributed by atoms with Gasteiger partial charge in [0.1, 0.15) is 23.5 Å². The number of carbonyl (C=O) groups is 1. The van der Waals surface area contributed by atoms with Crippen LogP contribution >= 0.6 is 0 Å². The normalized spacial score (nSPS) is 25.0. The average molecular weight is 545 g/mol. The van der Waals surface area contributed by atoms with Crippen LogP contribution in [-0.2, 0) is 4.79 Å². The molecule has 1 N–H and O–H groups in total. The Bertz CT molecular complexity index is 1320. The van der Waals surface area contributed by atoms with Crippen molar-refractivity contribution in [2.24, 2.45) is 11.8 Å². The van der Waals surface area contributed by atoms with Crippen LogP contribution in [0.1, 0.15) is 93.3 Å². The first-order valence-corrected chi connectivity index (χ1v) is 14.9. The second kappa shape index (κ2) is 11.7. The van der Waals surface area contributed by atoms with Gasteiger partial charge in [0, 0.05) is 41.8 Å². The first kappa shape index (κ1) is 26.9. The number of pyridine rings is 2. The minimum Gasteiger partial charge on any atom is -0.495 e. The first-order valence-electron chi connectivity index (χ1n) is 14.9. The van der Waals surface area contributed by atoms with E-state index in [1.807, 2.05) is 30.0 Å². The fourth-order valence-corrected chi connectivity index (χ4v) is 6.41. The largest absolute Gasteiger partial charge is 0.495 e. The summed E-state index contributed by atoms with van der Waals surface area (Å²) in [6, 6.07) is 8.04. The molecule has 0 atom stereocenters. The van der Waals surface area contributed by atoms with Crippen LogP contribution in [-0.4, -0.2) is 45.7 Å². The molecule has 3 aromatic heterocycles. The number of ether oxygens (including phenoxy) is 1. The molecule has 3 aromatic rings. The lowest BCUT2D eigenvalue weighted by molar-refractivity contribution is -0.124. The molecule has 0 spiro atoms. The number of amides is 1. The molecule has 8 heteroatoms. The van der Waals surface area contributed by atoms with Crippen LogP contribution in [0.15, 0.2) is 41.1 Å². The van der Waals surface area contributed by atoms with Crippen LogP contribution < -0.4 is 9.64 Å². The molecule has 6 rings (SSSR count). The van der Waals surface area contributed by atoms with Gasteiger partial charge in [-0.3, -0.25) is 14.7 Å². The molecule has 40 heavy (non-hydrogen) atoms. The van der Waals surface area contributed by atoms with Gasteiger partial charge >= 0.3 is 0 Å². The Morgan fingerprint density at radius 1 is 1.00 bits per heavy atom. The Hall–Kier alpha value is -3.26. The second-order valence-electron chi connectivity index (χ2n) is 11.9. The molecule has 3 heterocycles. The van der Waals surface area contributed by atoms with E-state index in [0.717, 1.165) is 85.7 Å². The maximum Gasteiger partial charge on any atom is 0.231 e. The number of aryl methyl sites for hydroxylation is 1. The number of aliphatic hydroxyl groups excluding tert-OH is 1. The van der Waals surface area contributed by atoms with Gasteiger partial charge in [-0.1, -0.05) is 0 Å². The standard InChI is InChI=1S/C32H40N4O4/c1-20-29(39-2)14-13-27(34-20)22-5-3-21(4-6-22)18-36(32(38)24-9-11-26(37)12-10-24)30-17-25(15-16-33-30)28-19-40-31(35-28)23-7-8-23/h13-17,19,21-24,26,37H,3-12,18H2,1-2H3. The summed E-state index contributed by atoms with van der Waals surface area (Å²) < 4.78 is 11.1. The summed E-state index contributed by atoms with van der Waals surface area (Å²) in [7, 11) is 1.68. The highest BCUT2D eigenvalue weighted by Crippen LogP contribution is 2.41. The van der Waals surface area contributed by atoms with Gasteiger partial charge in [-0.25, -0.2) is 9.97 Å². The fraction of sp³-hybridized carbons (Fsp3) is 0.562. The van der Waals surface area contributed by atoms with E-state index in [1.54, 1.807) is 19.6 Å². The molecule has 3 aliphatic carbocycles. The van der Waals surface area contributed by atoms with Crippen LogP contribution in [0.5, 0.6) is 5.75 Å². The van der Waals surface area contributed by atoms with Crippen molar-refractivity contribution in [2.45, 2.75) is 89.1 Å². The first-order chi connectivity index (χ1) is 19.5. The zero-order valence-electron chi connectivity index (χ0n) is 23.6. The molecule has 0 radical (unpaired) electrons. The van der Waals surface area contributed by atoms with Crippen molar-refractivity contribution in [3.63, 3.8) is 0 Å². The van der Waals surface area contributed by atoms with Gasteiger partial charge in [0.2, 0.25) is 5.91 Å². The minimum absolute atomic E-state index is 0.0785. The summed E-state index contributed by atoms with van der Waals surface area (Å²) in [5, 5.41) is 10.0. The van der Waals surface area contributed by atoms with Gasteiger partial charge in [-0.15, -0.1) is 0 Å². The van der Waals surface area contributed by atoms with E-state index in [9.17, 15) is 9.90 Å². The highest BCUT2D eigenvalue weighted by atomic mass is 16.5. The molecule has 0 unspecified atom stereocenters. The third-order valence-electron chi connectivity index (χ3n) is 9.06. The van der Waals surface area contributed by atoms with Crippen LogP contribution in [0.4, 0.5) is 5.82 Å². The summed E-state index contributed by atoms with van der Waals surface area (Å²) in [4.78, 5) is 30.1. The van der Waals surface area contributed by atoms with E-state index in [0.29, 0.717) is 43.0 Å². The van der Waals surface area contributed by atoms with Gasteiger partial charge in [-0.05, 0) is 101 Å².